The zero-order valence-corrected chi connectivity index (χ0v) is 5.96. The number of nitrogens with one attached hydrogen (secondary N) is 1. The van der Waals surface area contributed by atoms with Crippen LogP contribution in [0.3, 0.4) is 0 Å². The molecule has 0 radical (unpaired) electrons. The quantitative estimate of drug-likeness (QED) is 0.488. The van der Waals surface area contributed by atoms with Gasteiger partial charge >= 0.3 is 0 Å². The molecule has 0 saturated carbocycles. The smallest absolute Gasteiger partial charge is 0.217 e. The van der Waals surface area contributed by atoms with Gasteiger partial charge in [0.2, 0.25) is 5.91 Å². The van der Waals surface area contributed by atoms with Crippen LogP contribution in [0.4, 0.5) is 0 Å². The minimum atomic E-state index is -0.373. The minimum Gasteiger partial charge on any atom is -0.370 e. The number of carbonyl (C=O) groups excluding carboxylic acids is 2. The van der Waals surface area contributed by atoms with E-state index in [1.807, 2.05) is 0 Å². The summed E-state index contributed by atoms with van der Waals surface area (Å²) in [6.07, 6.45) is 1.50. The molecule has 0 aromatic carbocycles. The molecule has 0 aliphatic rings. The maximum absolute atomic E-state index is 10.2. The van der Waals surface area contributed by atoms with Crippen LogP contribution in [-0.4, -0.2) is 25.3 Å². The van der Waals surface area contributed by atoms with Gasteiger partial charge in [-0.25, -0.2) is 0 Å². The Balaban J connectivity index is 3.44. The summed E-state index contributed by atoms with van der Waals surface area (Å²) in [6, 6.07) is -0.243. The summed E-state index contributed by atoms with van der Waals surface area (Å²) in [7, 11) is 1.67. The highest BCUT2D eigenvalue weighted by Gasteiger charge is 2.04. The van der Waals surface area contributed by atoms with E-state index >= 15 is 0 Å². The normalized spacial score (nSPS) is 12.5. The Morgan fingerprint density at radius 3 is 2.70 bits per heavy atom. The maximum atomic E-state index is 10.2. The van der Waals surface area contributed by atoms with Crippen molar-refractivity contribution in [3.63, 3.8) is 0 Å². The zero-order valence-electron chi connectivity index (χ0n) is 5.96. The van der Waals surface area contributed by atoms with E-state index in [4.69, 9.17) is 5.73 Å². The van der Waals surface area contributed by atoms with Gasteiger partial charge in [-0.05, 0) is 13.5 Å². The monoisotopic (exact) mass is 144 g/mol. The molecule has 4 nitrogen and oxygen atoms in total. The number of primary amides is 1. The lowest BCUT2D eigenvalue weighted by Crippen LogP contribution is -2.28. The largest absolute Gasteiger partial charge is 0.370 e. The number of hydrogen-bond donors (Lipinski definition) is 2. The Labute approximate surface area is 59.8 Å². The summed E-state index contributed by atoms with van der Waals surface area (Å²) in [5.74, 6) is -0.373. The average Bonchev–Trinajstić information content (AvgIpc) is 1.90. The molecule has 3 N–H and O–H groups in total. The van der Waals surface area contributed by atoms with E-state index in [1.165, 1.54) is 0 Å². The first-order valence-corrected chi connectivity index (χ1v) is 3.11. The number of likely N-dealkylation sites (N-methyl/N-ethyl adjacent to an activating group) is 1. The van der Waals surface area contributed by atoms with Crippen molar-refractivity contribution in [1.82, 2.24) is 5.32 Å². The molecule has 4 heteroatoms. The van der Waals surface area contributed by atoms with Gasteiger partial charge < -0.3 is 15.8 Å². The highest BCUT2D eigenvalue weighted by Crippen LogP contribution is 1.91. The van der Waals surface area contributed by atoms with E-state index < -0.39 is 0 Å². The van der Waals surface area contributed by atoms with Crippen LogP contribution in [0.5, 0.6) is 0 Å². The molecule has 0 fully saturated rings. The van der Waals surface area contributed by atoms with Crippen molar-refractivity contribution >= 4 is 12.2 Å². The third-order valence-electron chi connectivity index (χ3n) is 1.24. The van der Waals surface area contributed by atoms with Crippen LogP contribution in [0.15, 0.2) is 0 Å². The molecule has 0 aliphatic carbocycles. The van der Waals surface area contributed by atoms with Crippen LogP contribution in [0, 0.1) is 0 Å². The zero-order chi connectivity index (χ0) is 7.98. The van der Waals surface area contributed by atoms with Crippen molar-refractivity contribution in [1.29, 1.82) is 0 Å². The van der Waals surface area contributed by atoms with Crippen LogP contribution in [-0.2, 0) is 9.59 Å². The first-order chi connectivity index (χ1) is 4.70. The second-order valence-corrected chi connectivity index (χ2v) is 2.04. The molecule has 1 atom stereocenters. The molecule has 0 spiro atoms. The van der Waals surface area contributed by atoms with Crippen molar-refractivity contribution in [2.45, 2.75) is 18.9 Å². The van der Waals surface area contributed by atoms with Gasteiger partial charge in [-0.1, -0.05) is 0 Å². The lowest BCUT2D eigenvalue weighted by Gasteiger charge is -2.05. The topological polar surface area (TPSA) is 72.2 Å². The predicted molar refractivity (Wildman–Crippen MR) is 37.3 cm³/mol. The fourth-order valence-corrected chi connectivity index (χ4v) is 0.578. The molecule has 0 saturated heterocycles. The molecule has 1 amide bonds. The number of nitrogens with two attached hydrogens (primary N) is 1. The average molecular weight is 144 g/mol. The number of carbonyl (C=O) groups is 2. The Kier molecular flexibility index (Phi) is 4.49. The van der Waals surface area contributed by atoms with E-state index in [9.17, 15) is 9.59 Å². The molecule has 0 aromatic heterocycles. The maximum Gasteiger partial charge on any atom is 0.217 e. The van der Waals surface area contributed by atoms with Crippen molar-refractivity contribution < 1.29 is 9.59 Å². The van der Waals surface area contributed by atoms with Crippen LogP contribution >= 0.6 is 0 Å². The van der Waals surface area contributed by atoms with Gasteiger partial charge in [-0.15, -0.1) is 0 Å². The van der Waals surface area contributed by atoms with Crippen LogP contribution in [0.2, 0.25) is 0 Å². The molecule has 0 rings (SSSR count). The summed E-state index contributed by atoms with van der Waals surface area (Å²) in [5, 5.41) is 2.73. The SMILES string of the molecule is CNC(C=O)CCC(N)=O. The lowest BCUT2D eigenvalue weighted by atomic mass is 10.2. The summed E-state index contributed by atoms with van der Waals surface area (Å²) in [6.45, 7) is 0. The fraction of sp³-hybridized carbons (Fsp3) is 0.667. The molecule has 0 aromatic rings. The highest BCUT2D eigenvalue weighted by molar-refractivity contribution is 5.74. The third kappa shape index (κ3) is 4.03. The van der Waals surface area contributed by atoms with E-state index in [2.05, 4.69) is 5.32 Å². The molecule has 1 unspecified atom stereocenters. The van der Waals surface area contributed by atoms with Crippen LogP contribution < -0.4 is 11.1 Å². The van der Waals surface area contributed by atoms with E-state index in [1.54, 1.807) is 7.05 Å². The first-order valence-electron chi connectivity index (χ1n) is 3.11. The van der Waals surface area contributed by atoms with E-state index in [-0.39, 0.29) is 18.4 Å². The molecule has 58 valence electrons. The standard InChI is InChI=1S/C6H12N2O2/c1-8-5(4-9)2-3-6(7)10/h4-5,8H,2-3H2,1H3,(H2,7,10). The van der Waals surface area contributed by atoms with E-state index in [0.29, 0.717) is 6.42 Å². The van der Waals surface area contributed by atoms with E-state index in [0.717, 1.165) is 6.29 Å². The molecule has 0 bridgehead atoms. The predicted octanol–water partition coefficient (Wildman–Crippen LogP) is -0.961. The number of amides is 1. The summed E-state index contributed by atoms with van der Waals surface area (Å²) < 4.78 is 0. The van der Waals surface area contributed by atoms with Gasteiger partial charge in [-0.3, -0.25) is 4.79 Å². The first kappa shape index (κ1) is 9.10. The second-order valence-electron chi connectivity index (χ2n) is 2.04. The van der Waals surface area contributed by atoms with Crippen molar-refractivity contribution in [2.24, 2.45) is 5.73 Å². The summed E-state index contributed by atoms with van der Waals surface area (Å²) >= 11 is 0. The van der Waals surface area contributed by atoms with Gasteiger partial charge in [0.15, 0.2) is 0 Å². The Bertz CT molecular complexity index is 125. The van der Waals surface area contributed by atoms with Gasteiger partial charge in [-0.2, -0.15) is 0 Å². The Morgan fingerprint density at radius 1 is 1.80 bits per heavy atom. The third-order valence-corrected chi connectivity index (χ3v) is 1.24. The minimum absolute atomic E-state index is 0.243. The summed E-state index contributed by atoms with van der Waals surface area (Å²) in [5.41, 5.74) is 4.87. The number of rotatable bonds is 5. The Hall–Kier alpha value is -0.900. The molecule has 0 aliphatic heterocycles. The lowest BCUT2D eigenvalue weighted by molar-refractivity contribution is -0.118. The Morgan fingerprint density at radius 2 is 2.40 bits per heavy atom. The summed E-state index contributed by atoms with van der Waals surface area (Å²) in [4.78, 5) is 20.3. The van der Waals surface area contributed by atoms with Gasteiger partial charge in [0.05, 0.1) is 6.04 Å². The molecular weight excluding hydrogens is 132 g/mol. The molecule has 10 heavy (non-hydrogen) atoms. The fourth-order valence-electron chi connectivity index (χ4n) is 0.578. The van der Waals surface area contributed by atoms with Crippen LogP contribution in [0.1, 0.15) is 12.8 Å². The second kappa shape index (κ2) is 4.93. The number of hydrogen-bond acceptors (Lipinski definition) is 3. The van der Waals surface area contributed by atoms with Gasteiger partial charge in [0, 0.05) is 6.42 Å². The van der Waals surface area contributed by atoms with Gasteiger partial charge in [0.1, 0.15) is 6.29 Å². The number of aldehydes is 1. The highest BCUT2D eigenvalue weighted by atomic mass is 16.1. The van der Waals surface area contributed by atoms with Crippen LogP contribution in [0.25, 0.3) is 0 Å². The van der Waals surface area contributed by atoms with Crippen molar-refractivity contribution in [2.75, 3.05) is 7.05 Å². The van der Waals surface area contributed by atoms with Crippen molar-refractivity contribution in [3.05, 3.63) is 0 Å². The van der Waals surface area contributed by atoms with Crippen molar-refractivity contribution in [3.8, 4) is 0 Å². The molecule has 0 heterocycles. The molecular formula is C6H12N2O2. The van der Waals surface area contributed by atoms with Gasteiger partial charge in [0.25, 0.3) is 0 Å².